The van der Waals surface area contributed by atoms with Crippen LogP contribution in [0.25, 0.3) is 0 Å². The molecule has 36 heavy (non-hydrogen) atoms. The fourth-order valence-corrected chi connectivity index (χ4v) is 3.15. The quantitative estimate of drug-likeness (QED) is 0.219. The van der Waals surface area contributed by atoms with E-state index in [0.29, 0.717) is 11.5 Å². The molecule has 0 spiro atoms. The number of carboxylic acid groups (broad SMARTS) is 2. The molecule has 0 unspecified atom stereocenters. The Kier molecular flexibility index (Phi) is 7.11. The van der Waals surface area contributed by atoms with Crippen molar-refractivity contribution in [3.8, 4) is 34.5 Å². The van der Waals surface area contributed by atoms with Crippen molar-refractivity contribution >= 4 is 18.1 Å². The minimum atomic E-state index is -1.30. The lowest BCUT2D eigenvalue weighted by molar-refractivity contribution is 0.0682. The normalized spacial score (nSPS) is 10.2. The van der Waals surface area contributed by atoms with E-state index < -0.39 is 18.1 Å². The van der Waals surface area contributed by atoms with E-state index in [0.717, 1.165) is 0 Å². The minimum absolute atomic E-state index is 0.215. The van der Waals surface area contributed by atoms with Gasteiger partial charge >= 0.3 is 18.1 Å². The Hall–Kier alpha value is -5.31. The van der Waals surface area contributed by atoms with E-state index in [-0.39, 0.29) is 34.1 Å². The largest absolute Gasteiger partial charge is 0.519 e. The van der Waals surface area contributed by atoms with Crippen LogP contribution in [0.4, 0.5) is 4.79 Å². The van der Waals surface area contributed by atoms with Crippen molar-refractivity contribution in [1.82, 2.24) is 0 Å². The van der Waals surface area contributed by atoms with Crippen molar-refractivity contribution in [2.75, 3.05) is 0 Å². The van der Waals surface area contributed by atoms with E-state index in [4.69, 9.17) is 18.9 Å². The number of hydrogen-bond acceptors (Lipinski definition) is 7. The smallest absolute Gasteiger partial charge is 0.478 e. The molecule has 180 valence electrons. The first-order valence-corrected chi connectivity index (χ1v) is 10.5. The van der Waals surface area contributed by atoms with Gasteiger partial charge in [-0.15, -0.1) is 0 Å². The fourth-order valence-electron chi connectivity index (χ4n) is 3.15. The zero-order chi connectivity index (χ0) is 25.5. The molecule has 9 nitrogen and oxygen atoms in total. The maximum absolute atomic E-state index is 12.7. The van der Waals surface area contributed by atoms with Gasteiger partial charge in [-0.2, -0.15) is 0 Å². The van der Waals surface area contributed by atoms with Crippen LogP contribution in [0, 0.1) is 0 Å². The predicted molar refractivity (Wildman–Crippen MR) is 126 cm³/mol. The van der Waals surface area contributed by atoms with Crippen molar-refractivity contribution in [3.05, 3.63) is 108 Å². The van der Waals surface area contributed by atoms with Gasteiger partial charge in [0.1, 0.15) is 22.6 Å². The van der Waals surface area contributed by atoms with E-state index >= 15 is 0 Å². The van der Waals surface area contributed by atoms with E-state index in [1.165, 1.54) is 36.4 Å². The first kappa shape index (κ1) is 23.8. The second-order valence-electron chi connectivity index (χ2n) is 7.16. The molecule has 4 aromatic carbocycles. The number of carboxylic acids is 2. The molecule has 0 aromatic heterocycles. The second kappa shape index (κ2) is 10.7. The number of carbonyl (C=O) groups is 3. The van der Waals surface area contributed by atoms with Gasteiger partial charge in [-0.25, -0.2) is 14.4 Å². The number of carbonyl (C=O) groups excluding carboxylic acids is 1. The van der Waals surface area contributed by atoms with Gasteiger partial charge in [-0.05, 0) is 48.5 Å². The zero-order valence-electron chi connectivity index (χ0n) is 18.5. The van der Waals surface area contributed by atoms with Gasteiger partial charge in [0, 0.05) is 0 Å². The Morgan fingerprint density at radius 1 is 0.500 bits per heavy atom. The third kappa shape index (κ3) is 5.60. The number of rotatable bonds is 8. The van der Waals surface area contributed by atoms with Crippen LogP contribution in [0.3, 0.4) is 0 Å². The zero-order valence-corrected chi connectivity index (χ0v) is 18.5. The lowest BCUT2D eigenvalue weighted by Crippen LogP contribution is -2.16. The molecule has 4 rings (SSSR count). The highest BCUT2D eigenvalue weighted by atomic mass is 16.7. The van der Waals surface area contributed by atoms with Gasteiger partial charge in [-0.1, -0.05) is 48.5 Å². The van der Waals surface area contributed by atoms with Gasteiger partial charge in [-0.3, -0.25) is 0 Å². The summed E-state index contributed by atoms with van der Waals surface area (Å²) in [5.41, 5.74) is -0.491. The van der Waals surface area contributed by atoms with Crippen LogP contribution in [0.1, 0.15) is 20.7 Å². The van der Waals surface area contributed by atoms with Crippen LogP contribution in [0.15, 0.2) is 97.1 Å². The van der Waals surface area contributed by atoms with Crippen LogP contribution >= 0.6 is 0 Å². The predicted octanol–water partition coefficient (Wildman–Crippen LogP) is 6.25. The molecule has 0 aliphatic rings. The highest BCUT2D eigenvalue weighted by Crippen LogP contribution is 2.38. The van der Waals surface area contributed by atoms with Crippen molar-refractivity contribution < 1.29 is 43.5 Å². The maximum atomic E-state index is 12.7. The number of ether oxygens (including phenoxy) is 4. The summed E-state index contributed by atoms with van der Waals surface area (Å²) in [6.45, 7) is 0. The molecule has 0 heterocycles. The summed E-state index contributed by atoms with van der Waals surface area (Å²) < 4.78 is 21.9. The summed E-state index contributed by atoms with van der Waals surface area (Å²) in [6.07, 6.45) is -1.27. The molecule has 0 aliphatic heterocycles. The van der Waals surface area contributed by atoms with Gasteiger partial charge in [0.25, 0.3) is 0 Å². The maximum Gasteiger partial charge on any atom is 0.519 e. The van der Waals surface area contributed by atoms with Crippen LogP contribution in [-0.4, -0.2) is 28.3 Å². The minimum Gasteiger partial charge on any atom is -0.478 e. The second-order valence-corrected chi connectivity index (χ2v) is 7.16. The van der Waals surface area contributed by atoms with E-state index in [1.54, 1.807) is 60.7 Å². The van der Waals surface area contributed by atoms with E-state index in [9.17, 15) is 24.6 Å². The topological polar surface area (TPSA) is 129 Å². The molecule has 0 saturated carbocycles. The van der Waals surface area contributed by atoms with E-state index in [1.807, 2.05) is 0 Å². The Labute approximate surface area is 204 Å². The molecule has 0 amide bonds. The Bertz CT molecular complexity index is 1290. The summed E-state index contributed by atoms with van der Waals surface area (Å²) in [6, 6.07) is 24.7. The van der Waals surface area contributed by atoms with Crippen LogP contribution in [0.2, 0.25) is 0 Å². The Morgan fingerprint density at radius 2 is 0.889 bits per heavy atom. The van der Waals surface area contributed by atoms with Gasteiger partial charge in [0.2, 0.25) is 0 Å². The average Bonchev–Trinajstić information content (AvgIpc) is 2.87. The number of aromatic carboxylic acids is 2. The lowest BCUT2D eigenvalue weighted by Gasteiger charge is -2.15. The van der Waals surface area contributed by atoms with Gasteiger partial charge in [0.15, 0.2) is 23.0 Å². The molecule has 0 saturated heterocycles. The van der Waals surface area contributed by atoms with Crippen molar-refractivity contribution in [1.29, 1.82) is 0 Å². The average molecular weight is 486 g/mol. The van der Waals surface area contributed by atoms with Gasteiger partial charge in [0.05, 0.1) is 0 Å². The lowest BCUT2D eigenvalue weighted by atomic mass is 10.2. The Balaban J connectivity index is 1.63. The summed E-state index contributed by atoms with van der Waals surface area (Å²) in [5.74, 6) is -2.83. The highest BCUT2D eigenvalue weighted by Gasteiger charge is 2.23. The Morgan fingerprint density at radius 3 is 1.25 bits per heavy atom. The van der Waals surface area contributed by atoms with Crippen LogP contribution < -0.4 is 18.9 Å². The number of hydrogen-bond donors (Lipinski definition) is 2. The molecule has 9 heteroatoms. The summed E-state index contributed by atoms with van der Waals surface area (Å²) in [5, 5.41) is 19.1. The van der Waals surface area contributed by atoms with Crippen LogP contribution in [0.5, 0.6) is 34.5 Å². The highest BCUT2D eigenvalue weighted by molar-refractivity contribution is 5.93. The molecule has 0 atom stereocenters. The third-order valence-corrected chi connectivity index (χ3v) is 4.73. The standard InChI is InChI=1S/C27H18O9/c28-25(29)19-13-7-15-21(23(19)33-17-9-3-1-4-10-17)35-27(32)36-22-16-8-14-20(26(30)31)24(22)34-18-11-5-2-6-12-18/h1-16H,(H,28,29)(H,30,31). The number of benzene rings is 4. The van der Waals surface area contributed by atoms with Crippen molar-refractivity contribution in [2.45, 2.75) is 0 Å². The van der Waals surface area contributed by atoms with Crippen molar-refractivity contribution in [2.24, 2.45) is 0 Å². The fraction of sp³-hybridized carbons (Fsp3) is 0. The molecule has 0 aliphatic carbocycles. The van der Waals surface area contributed by atoms with E-state index in [2.05, 4.69) is 0 Å². The molecular formula is C27H18O9. The van der Waals surface area contributed by atoms with Crippen molar-refractivity contribution in [3.63, 3.8) is 0 Å². The third-order valence-electron chi connectivity index (χ3n) is 4.73. The monoisotopic (exact) mass is 486 g/mol. The molecular weight excluding hydrogens is 468 g/mol. The molecule has 4 aromatic rings. The number of para-hydroxylation sites is 4. The molecule has 0 bridgehead atoms. The van der Waals surface area contributed by atoms with Crippen LogP contribution in [-0.2, 0) is 0 Å². The SMILES string of the molecule is O=C(Oc1cccc(C(=O)O)c1Oc1ccccc1)Oc1cccc(C(=O)O)c1Oc1ccccc1. The molecule has 0 fully saturated rings. The molecule has 0 radical (unpaired) electrons. The van der Waals surface area contributed by atoms with Gasteiger partial charge < -0.3 is 29.2 Å². The first-order chi connectivity index (χ1) is 17.4. The summed E-state index contributed by atoms with van der Waals surface area (Å²) in [7, 11) is 0. The molecule has 2 N–H and O–H groups in total. The summed E-state index contributed by atoms with van der Waals surface area (Å²) in [4.78, 5) is 36.2. The summed E-state index contributed by atoms with van der Waals surface area (Å²) >= 11 is 0. The first-order valence-electron chi connectivity index (χ1n) is 10.5.